The fourth-order valence-electron chi connectivity index (χ4n) is 1.60. The highest BCUT2D eigenvalue weighted by Crippen LogP contribution is 2.10. The Morgan fingerprint density at radius 3 is 2.50 bits per heavy atom. The van der Waals surface area contributed by atoms with Gasteiger partial charge in [0.1, 0.15) is 0 Å². The molecule has 0 aliphatic heterocycles. The van der Waals surface area contributed by atoms with Gasteiger partial charge in [0.15, 0.2) is 0 Å². The van der Waals surface area contributed by atoms with Crippen LogP contribution in [0.2, 0.25) is 12.1 Å². The van der Waals surface area contributed by atoms with Gasteiger partial charge in [-0.05, 0) is 19.9 Å². The summed E-state index contributed by atoms with van der Waals surface area (Å²) in [6.45, 7) is 10.0. The van der Waals surface area contributed by atoms with Gasteiger partial charge in [0, 0.05) is 18.4 Å². The van der Waals surface area contributed by atoms with E-state index in [2.05, 4.69) is 20.4 Å². The molecule has 0 spiro atoms. The summed E-state index contributed by atoms with van der Waals surface area (Å²) in [6, 6.07) is 2.22. The monoisotopic (exact) mass is 244 g/mol. The average molecular weight is 244 g/mol. The van der Waals surface area contributed by atoms with Crippen molar-refractivity contribution >= 4 is 14.8 Å². The normalized spacial score (nSPS) is 14.2. The Bertz CT molecular complexity index is 228. The second-order valence-electron chi connectivity index (χ2n) is 4.19. The molecule has 0 radical (unpaired) electrons. The zero-order valence-electron chi connectivity index (χ0n) is 10.9. The Morgan fingerprint density at radius 2 is 2.06 bits per heavy atom. The van der Waals surface area contributed by atoms with E-state index in [1.54, 1.807) is 14.0 Å². The van der Waals surface area contributed by atoms with E-state index in [1.807, 2.05) is 0 Å². The van der Waals surface area contributed by atoms with Crippen molar-refractivity contribution in [1.82, 2.24) is 0 Å². The van der Waals surface area contributed by atoms with Crippen molar-refractivity contribution in [3.63, 3.8) is 0 Å². The molecule has 0 aliphatic carbocycles. The van der Waals surface area contributed by atoms with Crippen molar-refractivity contribution in [1.29, 1.82) is 0 Å². The molecule has 2 unspecified atom stereocenters. The lowest BCUT2D eigenvalue weighted by Crippen LogP contribution is -2.31. The zero-order chi connectivity index (χ0) is 12.6. The van der Waals surface area contributed by atoms with Gasteiger partial charge in [-0.2, -0.15) is 0 Å². The van der Waals surface area contributed by atoms with Gasteiger partial charge >= 0.3 is 5.97 Å². The summed E-state index contributed by atoms with van der Waals surface area (Å²) in [7, 11) is 0.803. The van der Waals surface area contributed by atoms with Crippen LogP contribution in [0.1, 0.15) is 27.2 Å². The molecule has 0 aromatic heterocycles. The molecule has 0 fully saturated rings. The first kappa shape index (κ1) is 15.4. The summed E-state index contributed by atoms with van der Waals surface area (Å²) in [4.78, 5) is 11.2. The van der Waals surface area contributed by atoms with Gasteiger partial charge in [0.2, 0.25) is 0 Å². The summed E-state index contributed by atoms with van der Waals surface area (Å²) in [5, 5.41) is 0. The van der Waals surface area contributed by atoms with Crippen LogP contribution in [0.15, 0.2) is 12.2 Å². The minimum atomic E-state index is -0.947. The molecule has 3 nitrogen and oxygen atoms in total. The van der Waals surface area contributed by atoms with Crippen molar-refractivity contribution < 1.29 is 14.3 Å². The number of rotatable bonds is 8. The SMILES string of the molecule is C=C(C)C(=O)OCC[SiH](CCC)C(C)OC. The van der Waals surface area contributed by atoms with Crippen LogP contribution in [0.25, 0.3) is 0 Å². The van der Waals surface area contributed by atoms with E-state index in [9.17, 15) is 4.79 Å². The summed E-state index contributed by atoms with van der Waals surface area (Å²) in [5.74, 6) is -0.283. The van der Waals surface area contributed by atoms with Gasteiger partial charge in [-0.1, -0.05) is 26.0 Å². The lowest BCUT2D eigenvalue weighted by atomic mass is 10.4. The van der Waals surface area contributed by atoms with E-state index < -0.39 is 8.80 Å². The lowest BCUT2D eigenvalue weighted by Gasteiger charge is -2.20. The Labute approximate surface area is 100 Å². The molecule has 0 rings (SSSR count). The fraction of sp³-hybridized carbons (Fsp3) is 0.750. The summed E-state index contributed by atoms with van der Waals surface area (Å²) >= 11 is 0. The van der Waals surface area contributed by atoms with Crippen LogP contribution in [-0.2, 0) is 14.3 Å². The number of methoxy groups -OCH3 is 1. The molecular formula is C12H24O3Si. The quantitative estimate of drug-likeness (QED) is 0.373. The van der Waals surface area contributed by atoms with Crippen LogP contribution >= 0.6 is 0 Å². The van der Waals surface area contributed by atoms with Crippen molar-refractivity contribution in [2.45, 2.75) is 45.0 Å². The van der Waals surface area contributed by atoms with Gasteiger partial charge in [0.05, 0.1) is 15.4 Å². The molecule has 0 amide bonds. The molecule has 2 atom stereocenters. The summed E-state index contributed by atoms with van der Waals surface area (Å²) < 4.78 is 10.5. The molecule has 0 aliphatic rings. The van der Waals surface area contributed by atoms with Crippen molar-refractivity contribution in [2.75, 3.05) is 13.7 Å². The van der Waals surface area contributed by atoms with E-state index in [4.69, 9.17) is 9.47 Å². The molecule has 4 heteroatoms. The average Bonchev–Trinajstić information content (AvgIpc) is 2.26. The first-order chi connectivity index (χ1) is 7.52. The molecule has 0 bridgehead atoms. The summed E-state index contributed by atoms with van der Waals surface area (Å²) in [6.07, 6.45) is 1.18. The predicted octanol–water partition coefficient (Wildman–Crippen LogP) is 2.32. The maximum Gasteiger partial charge on any atom is 0.333 e. The molecule has 0 saturated heterocycles. The molecule has 0 N–H and O–H groups in total. The molecule has 0 aromatic carbocycles. The first-order valence-electron chi connectivity index (χ1n) is 5.88. The fourth-order valence-corrected chi connectivity index (χ4v) is 4.38. The minimum Gasteiger partial charge on any atom is -0.463 e. The maximum atomic E-state index is 11.2. The third-order valence-electron chi connectivity index (χ3n) is 2.77. The van der Waals surface area contributed by atoms with E-state index in [1.165, 1.54) is 12.5 Å². The predicted molar refractivity (Wildman–Crippen MR) is 69.3 cm³/mol. The number of ether oxygens (including phenoxy) is 2. The molecular weight excluding hydrogens is 220 g/mol. The first-order valence-corrected chi connectivity index (χ1v) is 8.18. The van der Waals surface area contributed by atoms with Crippen LogP contribution in [-0.4, -0.2) is 34.2 Å². The second-order valence-corrected chi connectivity index (χ2v) is 7.81. The van der Waals surface area contributed by atoms with E-state index in [0.717, 1.165) is 6.04 Å². The van der Waals surface area contributed by atoms with Gasteiger partial charge in [-0.15, -0.1) is 0 Å². The van der Waals surface area contributed by atoms with E-state index in [-0.39, 0.29) is 5.97 Å². The van der Waals surface area contributed by atoms with Crippen LogP contribution in [0, 0.1) is 0 Å². The van der Waals surface area contributed by atoms with Crippen LogP contribution in [0.3, 0.4) is 0 Å². The van der Waals surface area contributed by atoms with Gasteiger partial charge in [-0.3, -0.25) is 0 Å². The molecule has 0 aromatic rings. The van der Waals surface area contributed by atoms with Gasteiger partial charge in [0.25, 0.3) is 0 Å². The Morgan fingerprint density at radius 1 is 1.44 bits per heavy atom. The summed E-state index contributed by atoms with van der Waals surface area (Å²) in [5.41, 5.74) is 0.817. The van der Waals surface area contributed by atoms with Crippen molar-refractivity contribution in [2.24, 2.45) is 0 Å². The highest BCUT2D eigenvalue weighted by atomic mass is 28.3. The molecule has 0 heterocycles. The number of carbonyl (C=O) groups is 1. The van der Waals surface area contributed by atoms with Crippen LogP contribution in [0.4, 0.5) is 0 Å². The van der Waals surface area contributed by atoms with Gasteiger partial charge < -0.3 is 9.47 Å². The molecule has 94 valence electrons. The number of hydrogen-bond donors (Lipinski definition) is 0. The van der Waals surface area contributed by atoms with Gasteiger partial charge in [-0.25, -0.2) is 4.79 Å². The highest BCUT2D eigenvalue weighted by Gasteiger charge is 2.18. The van der Waals surface area contributed by atoms with Crippen LogP contribution in [0.5, 0.6) is 0 Å². The topological polar surface area (TPSA) is 35.5 Å². The third kappa shape index (κ3) is 6.08. The Hall–Kier alpha value is -0.613. The number of esters is 1. The highest BCUT2D eigenvalue weighted by molar-refractivity contribution is 6.60. The molecule has 0 saturated carbocycles. The van der Waals surface area contributed by atoms with Crippen molar-refractivity contribution in [3.8, 4) is 0 Å². The van der Waals surface area contributed by atoms with Crippen molar-refractivity contribution in [3.05, 3.63) is 12.2 Å². The standard InChI is InChI=1S/C12H24O3Si/c1-6-8-16(11(4)14-5)9-7-15-12(13)10(2)3/h11,16H,2,6-9H2,1,3-5H3. The number of hydrogen-bond acceptors (Lipinski definition) is 3. The van der Waals surface area contributed by atoms with Crippen LogP contribution < -0.4 is 0 Å². The largest absolute Gasteiger partial charge is 0.463 e. The molecule has 16 heavy (non-hydrogen) atoms. The smallest absolute Gasteiger partial charge is 0.333 e. The maximum absolute atomic E-state index is 11.2. The lowest BCUT2D eigenvalue weighted by molar-refractivity contribution is -0.138. The zero-order valence-corrected chi connectivity index (χ0v) is 12.1. The Balaban J connectivity index is 3.93. The van der Waals surface area contributed by atoms with E-state index in [0.29, 0.717) is 17.9 Å². The van der Waals surface area contributed by atoms with E-state index >= 15 is 0 Å². The Kier molecular flexibility index (Phi) is 8.20. The minimum absolute atomic E-state index is 0.283. The third-order valence-corrected chi connectivity index (χ3v) is 6.66. The number of carbonyl (C=O) groups excluding carboxylic acids is 1. The second kappa shape index (κ2) is 8.53.